The van der Waals surface area contributed by atoms with Gasteiger partial charge in [0.1, 0.15) is 12.1 Å². The number of hydrogen-bond donors (Lipinski definition) is 0. The lowest BCUT2D eigenvalue weighted by molar-refractivity contribution is 0.824. The molecule has 228 valence electrons. The van der Waals surface area contributed by atoms with Crippen molar-refractivity contribution in [2.45, 2.75) is 12.5 Å². The first-order valence-electron chi connectivity index (χ1n) is 16.5. The van der Waals surface area contributed by atoms with Crippen molar-refractivity contribution >= 4 is 60.6 Å². The molecule has 2 aromatic heterocycles. The van der Waals surface area contributed by atoms with E-state index in [4.69, 9.17) is 0 Å². The number of para-hydroxylation sites is 5. The van der Waals surface area contributed by atoms with Gasteiger partial charge in [0.2, 0.25) is 0 Å². The van der Waals surface area contributed by atoms with Gasteiger partial charge in [-0.15, -0.1) is 0 Å². The Hall–Kier alpha value is -6.82. The average Bonchev–Trinajstić information content (AvgIpc) is 3.80. The zero-order valence-corrected chi connectivity index (χ0v) is 26.4. The molecule has 0 N–H and O–H groups in total. The van der Waals surface area contributed by atoms with Gasteiger partial charge in [-0.25, -0.2) is 0 Å². The second-order valence-corrected chi connectivity index (χ2v) is 12.7. The van der Waals surface area contributed by atoms with E-state index < -0.39 is 0 Å². The highest BCUT2D eigenvalue weighted by Crippen LogP contribution is 2.52. The smallest absolute Gasteiger partial charge is 0.101 e. The number of rotatable bonds is 3. The van der Waals surface area contributed by atoms with Crippen LogP contribution in [0, 0.1) is 22.7 Å². The van der Waals surface area contributed by atoms with E-state index in [1.165, 1.54) is 5.57 Å². The van der Waals surface area contributed by atoms with Crippen LogP contribution in [-0.2, 0) is 0 Å². The molecule has 0 spiro atoms. The minimum absolute atomic E-state index is 0.0136. The fraction of sp³-hybridized carbons (Fsp3) is 0.0455. The Kier molecular flexibility index (Phi) is 5.76. The lowest BCUT2D eigenvalue weighted by Gasteiger charge is -2.33. The van der Waals surface area contributed by atoms with Crippen LogP contribution in [0.25, 0.3) is 60.6 Å². The molecule has 5 nitrogen and oxygen atoms in total. The number of hydrogen-bond acceptors (Lipinski definition) is 3. The molecule has 1 aliphatic carbocycles. The summed E-state index contributed by atoms with van der Waals surface area (Å²) in [6.07, 6.45) is 7.34. The van der Waals surface area contributed by atoms with Gasteiger partial charge in [0.25, 0.3) is 0 Å². The third kappa shape index (κ3) is 3.67. The fourth-order valence-electron chi connectivity index (χ4n) is 8.33. The van der Waals surface area contributed by atoms with Gasteiger partial charge in [0, 0.05) is 32.8 Å². The van der Waals surface area contributed by atoms with Gasteiger partial charge in [-0.05, 0) is 48.4 Å². The maximum Gasteiger partial charge on any atom is 0.101 e. The summed E-state index contributed by atoms with van der Waals surface area (Å²) >= 11 is 0. The van der Waals surface area contributed by atoms with Crippen LogP contribution in [0.15, 0.2) is 146 Å². The zero-order valence-electron chi connectivity index (χ0n) is 26.4. The number of nitriles is 2. The molecule has 0 amide bonds. The molecule has 3 heterocycles. The molecule has 0 saturated heterocycles. The summed E-state index contributed by atoms with van der Waals surface area (Å²) in [7, 11) is 0. The Morgan fingerprint density at radius 3 is 1.55 bits per heavy atom. The van der Waals surface area contributed by atoms with Crippen molar-refractivity contribution in [1.82, 2.24) is 9.13 Å². The number of allylic oxidation sites excluding steroid dienone is 2. The monoisotopic (exact) mass is 625 g/mol. The van der Waals surface area contributed by atoms with Crippen LogP contribution in [0.2, 0.25) is 0 Å². The Bertz CT molecular complexity index is 2740. The minimum Gasteiger partial charge on any atom is -0.330 e. The second-order valence-electron chi connectivity index (χ2n) is 12.7. The van der Waals surface area contributed by atoms with Crippen LogP contribution >= 0.6 is 0 Å². The molecule has 5 heteroatoms. The number of anilines is 2. The van der Waals surface area contributed by atoms with Crippen LogP contribution in [0.3, 0.4) is 0 Å². The third-order valence-electron chi connectivity index (χ3n) is 10.3. The number of fused-ring (bicyclic) bond motifs is 9. The Morgan fingerprint density at radius 2 is 1.00 bits per heavy atom. The van der Waals surface area contributed by atoms with Crippen LogP contribution in [0.5, 0.6) is 0 Å². The largest absolute Gasteiger partial charge is 0.330 e. The van der Waals surface area contributed by atoms with Crippen LogP contribution < -0.4 is 4.90 Å². The summed E-state index contributed by atoms with van der Waals surface area (Å²) in [4.78, 5) is 2.36. The molecule has 0 saturated carbocycles. The highest BCUT2D eigenvalue weighted by molar-refractivity contribution is 6.13. The van der Waals surface area contributed by atoms with E-state index in [9.17, 15) is 10.5 Å². The first-order valence-corrected chi connectivity index (χ1v) is 16.5. The number of aromatic nitrogens is 2. The van der Waals surface area contributed by atoms with Gasteiger partial charge in [0.05, 0.1) is 56.3 Å². The minimum atomic E-state index is -0.0136. The van der Waals surface area contributed by atoms with E-state index >= 15 is 0 Å². The lowest BCUT2D eigenvalue weighted by Crippen LogP contribution is -2.29. The predicted molar refractivity (Wildman–Crippen MR) is 199 cm³/mol. The van der Waals surface area contributed by atoms with Crippen LogP contribution in [0.1, 0.15) is 23.1 Å². The zero-order chi connectivity index (χ0) is 32.6. The fourth-order valence-corrected chi connectivity index (χ4v) is 8.33. The normalized spacial score (nSPS) is 15.0. The van der Waals surface area contributed by atoms with Crippen molar-refractivity contribution in [3.8, 4) is 23.5 Å². The molecule has 2 aliphatic rings. The summed E-state index contributed by atoms with van der Waals surface area (Å²) in [5, 5.41) is 26.5. The van der Waals surface area contributed by atoms with Crippen molar-refractivity contribution in [1.29, 1.82) is 10.5 Å². The molecule has 1 unspecified atom stereocenters. The van der Waals surface area contributed by atoms with E-state index in [-0.39, 0.29) is 6.04 Å². The highest BCUT2D eigenvalue weighted by atomic mass is 15.2. The Balaban J connectivity index is 1.47. The molecule has 10 rings (SSSR count). The molecule has 0 bridgehead atoms. The van der Waals surface area contributed by atoms with Gasteiger partial charge in [-0.1, -0.05) is 109 Å². The number of nitrogens with zero attached hydrogens (tertiary/aromatic N) is 5. The van der Waals surface area contributed by atoms with Gasteiger partial charge >= 0.3 is 0 Å². The summed E-state index contributed by atoms with van der Waals surface area (Å²) in [6.45, 7) is 0. The quantitative estimate of drug-likeness (QED) is 0.196. The molecule has 0 radical (unpaired) electrons. The van der Waals surface area contributed by atoms with Gasteiger partial charge in [0.15, 0.2) is 0 Å². The molecule has 6 aromatic carbocycles. The maximum absolute atomic E-state index is 11.0. The molecule has 1 aliphatic heterocycles. The Morgan fingerprint density at radius 1 is 0.531 bits per heavy atom. The molecular formula is C44H27N5. The summed E-state index contributed by atoms with van der Waals surface area (Å²) < 4.78 is 4.54. The van der Waals surface area contributed by atoms with Crippen molar-refractivity contribution in [3.05, 3.63) is 162 Å². The second kappa shape index (κ2) is 10.3. The Labute approximate surface area is 282 Å². The SMILES string of the molecule is N#Cc1cc(C#N)c(-n2c3ccccc3c3ccccc32)c(-n2c3ccccc3c3ccccc32)c1N1c2ccccc2C2=CC=CCC21. The van der Waals surface area contributed by atoms with E-state index in [1.807, 2.05) is 0 Å². The predicted octanol–water partition coefficient (Wildman–Crippen LogP) is 10.5. The molecule has 49 heavy (non-hydrogen) atoms. The molecular weight excluding hydrogens is 599 g/mol. The van der Waals surface area contributed by atoms with Crippen molar-refractivity contribution < 1.29 is 0 Å². The lowest BCUT2D eigenvalue weighted by atomic mass is 9.95. The van der Waals surface area contributed by atoms with Gasteiger partial charge in [-0.2, -0.15) is 10.5 Å². The summed E-state index contributed by atoms with van der Waals surface area (Å²) in [5.41, 5.74) is 10.7. The first kappa shape index (κ1) is 27.3. The van der Waals surface area contributed by atoms with E-state index in [2.05, 4.69) is 166 Å². The number of benzene rings is 6. The van der Waals surface area contributed by atoms with E-state index in [1.54, 1.807) is 6.07 Å². The standard InChI is InChI=1S/C44H27N5/c45-26-28-25-29(27-46)43(48-38-21-9-3-15-32(38)33-16-4-10-22-39(33)48)44(49-40-23-11-5-17-34(40)35-18-6-12-24-41(35)49)42(28)47-36-19-7-1-13-30(36)31-14-2-8-20-37(31)47/h1-21,23-25,39H,22H2. The van der Waals surface area contributed by atoms with Crippen molar-refractivity contribution in [2.24, 2.45) is 0 Å². The summed E-state index contributed by atoms with van der Waals surface area (Å²) in [5.74, 6) is 0. The van der Waals surface area contributed by atoms with Crippen LogP contribution in [0.4, 0.5) is 11.4 Å². The average molecular weight is 626 g/mol. The van der Waals surface area contributed by atoms with Gasteiger partial charge < -0.3 is 14.0 Å². The summed E-state index contributed by atoms with van der Waals surface area (Å²) in [6, 6.07) is 49.0. The van der Waals surface area contributed by atoms with Crippen molar-refractivity contribution in [2.75, 3.05) is 4.90 Å². The van der Waals surface area contributed by atoms with Crippen molar-refractivity contribution in [3.63, 3.8) is 0 Å². The van der Waals surface area contributed by atoms with E-state index in [0.717, 1.165) is 78.3 Å². The molecule has 8 aromatic rings. The topological polar surface area (TPSA) is 60.7 Å². The van der Waals surface area contributed by atoms with E-state index in [0.29, 0.717) is 11.1 Å². The highest BCUT2D eigenvalue weighted by Gasteiger charge is 2.39. The van der Waals surface area contributed by atoms with Gasteiger partial charge in [-0.3, -0.25) is 0 Å². The molecule has 0 fully saturated rings. The molecule has 1 atom stereocenters. The van der Waals surface area contributed by atoms with Crippen LogP contribution in [-0.4, -0.2) is 15.2 Å². The maximum atomic E-state index is 11.0. The third-order valence-corrected chi connectivity index (χ3v) is 10.3. The first-order chi connectivity index (χ1) is 24.3.